The summed E-state index contributed by atoms with van der Waals surface area (Å²) >= 11 is 5.86. The molecule has 0 aliphatic heterocycles. The molecule has 1 aliphatic rings. The van der Waals surface area contributed by atoms with E-state index in [-0.39, 0.29) is 11.9 Å². The summed E-state index contributed by atoms with van der Waals surface area (Å²) in [6, 6.07) is 6.65. The van der Waals surface area contributed by atoms with Crippen molar-refractivity contribution in [2.75, 3.05) is 0 Å². The summed E-state index contributed by atoms with van der Waals surface area (Å²) < 4.78 is 5.25. The molecule has 0 spiro atoms. The summed E-state index contributed by atoms with van der Waals surface area (Å²) in [6.45, 7) is 5.97. The molecule has 0 saturated heterocycles. The van der Waals surface area contributed by atoms with E-state index in [0.717, 1.165) is 12.8 Å². The van der Waals surface area contributed by atoms with Crippen molar-refractivity contribution in [1.29, 1.82) is 0 Å². The second-order valence-corrected chi connectivity index (χ2v) is 6.88. The van der Waals surface area contributed by atoms with E-state index in [2.05, 4.69) is 19.2 Å². The fourth-order valence-electron chi connectivity index (χ4n) is 2.98. The Bertz CT molecular complexity index is 575. The topological polar surface area (TPSA) is 55.4 Å². The number of benzene rings is 1. The molecule has 4 nitrogen and oxygen atoms in total. The lowest BCUT2D eigenvalue weighted by atomic mass is 9.78. The predicted octanol–water partition coefficient (Wildman–Crippen LogP) is 3.83. The molecule has 5 heteroatoms. The zero-order chi connectivity index (χ0) is 17.0. The van der Waals surface area contributed by atoms with Gasteiger partial charge in [0.15, 0.2) is 6.10 Å². The van der Waals surface area contributed by atoms with Gasteiger partial charge in [0, 0.05) is 11.1 Å². The van der Waals surface area contributed by atoms with E-state index in [0.29, 0.717) is 22.4 Å². The molecule has 1 saturated carbocycles. The Morgan fingerprint density at radius 1 is 1.30 bits per heavy atom. The van der Waals surface area contributed by atoms with Crippen LogP contribution in [0.2, 0.25) is 5.02 Å². The van der Waals surface area contributed by atoms with Crippen LogP contribution in [0.15, 0.2) is 24.3 Å². The van der Waals surface area contributed by atoms with Crippen molar-refractivity contribution in [3.05, 3.63) is 34.9 Å². The average molecular weight is 338 g/mol. The number of carbonyl (C=O) groups is 2. The summed E-state index contributed by atoms with van der Waals surface area (Å²) in [5.74, 6) is 0.244. The Balaban J connectivity index is 1.91. The van der Waals surface area contributed by atoms with Crippen LogP contribution in [0.3, 0.4) is 0 Å². The number of rotatable bonds is 4. The van der Waals surface area contributed by atoms with E-state index in [9.17, 15) is 9.59 Å². The van der Waals surface area contributed by atoms with Crippen molar-refractivity contribution in [3.63, 3.8) is 0 Å². The fourth-order valence-corrected chi connectivity index (χ4v) is 3.17. The van der Waals surface area contributed by atoms with E-state index in [4.69, 9.17) is 16.3 Å². The van der Waals surface area contributed by atoms with Gasteiger partial charge in [0.2, 0.25) is 0 Å². The summed E-state index contributed by atoms with van der Waals surface area (Å²) in [4.78, 5) is 24.3. The Morgan fingerprint density at radius 2 is 2.04 bits per heavy atom. The van der Waals surface area contributed by atoms with Gasteiger partial charge < -0.3 is 10.1 Å². The monoisotopic (exact) mass is 337 g/mol. The maximum absolute atomic E-state index is 12.3. The molecule has 0 unspecified atom stereocenters. The van der Waals surface area contributed by atoms with Crippen LogP contribution >= 0.6 is 11.6 Å². The third kappa shape index (κ3) is 4.71. The van der Waals surface area contributed by atoms with Crippen LogP contribution in [0, 0.1) is 11.8 Å². The standard InChI is InChI=1S/C18H24ClNO3/c1-11-6-4-9-16(12(11)2)20-17(21)13(3)23-18(22)14-7-5-8-15(19)10-14/h5,7-8,10-13,16H,4,6,9H2,1-3H3,(H,20,21)/t11-,12+,13+,16-/m0/s1. The van der Waals surface area contributed by atoms with E-state index in [1.54, 1.807) is 25.1 Å². The molecule has 1 N–H and O–H groups in total. The van der Waals surface area contributed by atoms with Crippen LogP contribution in [0.5, 0.6) is 0 Å². The van der Waals surface area contributed by atoms with Gasteiger partial charge in [0.25, 0.3) is 5.91 Å². The lowest BCUT2D eigenvalue weighted by Gasteiger charge is -2.35. The SMILES string of the molecule is C[C@H]1[C@@H](NC(=O)[C@@H](C)OC(=O)c2cccc(Cl)c2)CCC[C@@H]1C. The molecule has 1 fully saturated rings. The summed E-state index contributed by atoms with van der Waals surface area (Å²) in [5.41, 5.74) is 0.344. The number of ether oxygens (including phenoxy) is 1. The van der Waals surface area contributed by atoms with Gasteiger partial charge in [-0.3, -0.25) is 4.79 Å². The minimum absolute atomic E-state index is 0.151. The number of nitrogens with one attached hydrogen (secondary N) is 1. The van der Waals surface area contributed by atoms with Crippen LogP contribution in [0.1, 0.15) is 50.4 Å². The van der Waals surface area contributed by atoms with Gasteiger partial charge in [-0.25, -0.2) is 4.79 Å². The number of hydrogen-bond donors (Lipinski definition) is 1. The normalized spacial score (nSPS) is 25.5. The van der Waals surface area contributed by atoms with Crippen molar-refractivity contribution in [2.24, 2.45) is 11.8 Å². The molecular formula is C18H24ClNO3. The van der Waals surface area contributed by atoms with Crippen LogP contribution in [-0.4, -0.2) is 24.0 Å². The first-order valence-corrected chi connectivity index (χ1v) is 8.53. The molecule has 1 amide bonds. The molecular weight excluding hydrogens is 314 g/mol. The van der Waals surface area contributed by atoms with E-state index in [1.807, 2.05) is 0 Å². The Kier molecular flexibility index (Phi) is 6.05. The van der Waals surface area contributed by atoms with Gasteiger partial charge in [-0.1, -0.05) is 44.4 Å². The Morgan fingerprint density at radius 3 is 2.74 bits per heavy atom. The molecule has 23 heavy (non-hydrogen) atoms. The van der Waals surface area contributed by atoms with Gasteiger partial charge >= 0.3 is 5.97 Å². The van der Waals surface area contributed by atoms with Crippen molar-refractivity contribution >= 4 is 23.5 Å². The third-order valence-corrected chi connectivity index (χ3v) is 4.98. The Hall–Kier alpha value is -1.55. The highest BCUT2D eigenvalue weighted by Crippen LogP contribution is 2.29. The Labute approximate surface area is 142 Å². The number of hydrogen-bond acceptors (Lipinski definition) is 3. The van der Waals surface area contributed by atoms with Gasteiger partial charge in [-0.15, -0.1) is 0 Å². The van der Waals surface area contributed by atoms with Gasteiger partial charge in [0.05, 0.1) is 5.56 Å². The van der Waals surface area contributed by atoms with Gasteiger partial charge in [0.1, 0.15) is 0 Å². The fraction of sp³-hybridized carbons (Fsp3) is 0.556. The van der Waals surface area contributed by atoms with Crippen LogP contribution in [-0.2, 0) is 9.53 Å². The van der Waals surface area contributed by atoms with Crippen LogP contribution in [0.25, 0.3) is 0 Å². The average Bonchev–Trinajstić information content (AvgIpc) is 2.51. The lowest BCUT2D eigenvalue weighted by molar-refractivity contribution is -0.130. The molecule has 1 aromatic rings. The molecule has 2 rings (SSSR count). The molecule has 0 heterocycles. The summed E-state index contributed by atoms with van der Waals surface area (Å²) in [5, 5.41) is 3.48. The van der Waals surface area contributed by atoms with E-state index >= 15 is 0 Å². The van der Waals surface area contributed by atoms with Crippen molar-refractivity contribution in [1.82, 2.24) is 5.32 Å². The molecule has 0 radical (unpaired) electrons. The highest BCUT2D eigenvalue weighted by molar-refractivity contribution is 6.30. The number of halogens is 1. The first-order valence-electron chi connectivity index (χ1n) is 8.15. The summed E-state index contributed by atoms with van der Waals surface area (Å²) in [6.07, 6.45) is 2.47. The zero-order valence-corrected chi connectivity index (χ0v) is 14.6. The van der Waals surface area contributed by atoms with Crippen LogP contribution in [0.4, 0.5) is 0 Å². The van der Waals surface area contributed by atoms with Gasteiger partial charge in [-0.2, -0.15) is 0 Å². The second-order valence-electron chi connectivity index (χ2n) is 6.44. The zero-order valence-electron chi connectivity index (χ0n) is 13.8. The number of carbonyl (C=O) groups excluding carboxylic acids is 2. The van der Waals surface area contributed by atoms with E-state index in [1.165, 1.54) is 12.5 Å². The molecule has 4 atom stereocenters. The first kappa shape index (κ1) is 17.8. The maximum Gasteiger partial charge on any atom is 0.338 e. The van der Waals surface area contributed by atoms with E-state index < -0.39 is 12.1 Å². The molecule has 0 bridgehead atoms. The largest absolute Gasteiger partial charge is 0.449 e. The van der Waals surface area contributed by atoms with Crippen LogP contribution < -0.4 is 5.32 Å². The number of amides is 1. The highest BCUT2D eigenvalue weighted by Gasteiger charge is 2.30. The molecule has 1 aromatic carbocycles. The third-order valence-electron chi connectivity index (χ3n) is 4.75. The smallest absolute Gasteiger partial charge is 0.338 e. The summed E-state index contributed by atoms with van der Waals surface area (Å²) in [7, 11) is 0. The minimum Gasteiger partial charge on any atom is -0.449 e. The first-order chi connectivity index (χ1) is 10.9. The predicted molar refractivity (Wildman–Crippen MR) is 90.4 cm³/mol. The molecule has 0 aromatic heterocycles. The van der Waals surface area contributed by atoms with Crippen molar-refractivity contribution < 1.29 is 14.3 Å². The quantitative estimate of drug-likeness (QED) is 0.849. The lowest BCUT2D eigenvalue weighted by Crippen LogP contribution is -2.47. The molecule has 1 aliphatic carbocycles. The minimum atomic E-state index is -0.828. The van der Waals surface area contributed by atoms with Crippen molar-refractivity contribution in [3.8, 4) is 0 Å². The maximum atomic E-state index is 12.3. The number of esters is 1. The second kappa shape index (κ2) is 7.82. The van der Waals surface area contributed by atoms with Gasteiger partial charge in [-0.05, 0) is 43.4 Å². The molecule has 126 valence electrons. The van der Waals surface area contributed by atoms with Crippen molar-refractivity contribution in [2.45, 2.75) is 52.2 Å². The highest BCUT2D eigenvalue weighted by atomic mass is 35.5.